The van der Waals surface area contributed by atoms with Gasteiger partial charge >= 0.3 is 0 Å². The van der Waals surface area contributed by atoms with Crippen LogP contribution in [0.3, 0.4) is 0 Å². The number of hydrogen-bond donors (Lipinski definition) is 0. The summed E-state index contributed by atoms with van der Waals surface area (Å²) < 4.78 is 12.0. The fourth-order valence-corrected chi connectivity index (χ4v) is 3.10. The lowest BCUT2D eigenvalue weighted by molar-refractivity contribution is -0.135. The fraction of sp³-hybridized carbons (Fsp3) is 0.200. The van der Waals surface area contributed by atoms with Gasteiger partial charge in [-0.25, -0.2) is 0 Å². The zero-order chi connectivity index (χ0) is 14.8. The maximum absolute atomic E-state index is 6.23. The Balaban J connectivity index is 1.82. The molecular formula is C20H18O2. The van der Waals surface area contributed by atoms with E-state index in [1.54, 1.807) is 0 Å². The van der Waals surface area contributed by atoms with Crippen molar-refractivity contribution in [3.05, 3.63) is 89.7 Å². The van der Waals surface area contributed by atoms with Crippen LogP contribution in [0.2, 0.25) is 0 Å². The van der Waals surface area contributed by atoms with Crippen LogP contribution in [-0.2, 0) is 9.47 Å². The second-order valence-corrected chi connectivity index (χ2v) is 5.67. The molecule has 0 saturated carbocycles. The molecule has 2 aliphatic rings. The molecule has 0 N–H and O–H groups in total. The molecule has 0 aromatic heterocycles. The van der Waals surface area contributed by atoms with Crippen LogP contribution >= 0.6 is 0 Å². The van der Waals surface area contributed by atoms with Crippen molar-refractivity contribution >= 4 is 5.57 Å². The van der Waals surface area contributed by atoms with E-state index in [0.717, 1.165) is 41.9 Å². The van der Waals surface area contributed by atoms with E-state index in [1.165, 1.54) is 0 Å². The van der Waals surface area contributed by atoms with Gasteiger partial charge in [-0.3, -0.25) is 0 Å². The van der Waals surface area contributed by atoms with E-state index in [0.29, 0.717) is 0 Å². The lowest BCUT2D eigenvalue weighted by atomic mass is 9.97. The average Bonchev–Trinajstić information content (AvgIpc) is 3.20. The van der Waals surface area contributed by atoms with Gasteiger partial charge in [0.05, 0.1) is 6.61 Å². The van der Waals surface area contributed by atoms with Crippen LogP contribution in [-0.4, -0.2) is 12.4 Å². The predicted octanol–water partition coefficient (Wildman–Crippen LogP) is 4.54. The molecule has 110 valence electrons. The lowest BCUT2D eigenvalue weighted by Gasteiger charge is -2.22. The van der Waals surface area contributed by atoms with Gasteiger partial charge in [0, 0.05) is 12.0 Å². The topological polar surface area (TPSA) is 18.5 Å². The highest BCUT2D eigenvalue weighted by Gasteiger charge is 2.39. The third kappa shape index (κ3) is 2.36. The standard InChI is InChI=1S/C20H18O2/c1-3-8-16(9-4-1)19(17-10-5-2-6-11-17)18-12-14-20(22-18)13-7-15-21-20/h1-6,8-12,14H,7,13,15H2. The van der Waals surface area contributed by atoms with Crippen LogP contribution < -0.4 is 0 Å². The summed E-state index contributed by atoms with van der Waals surface area (Å²) in [6.45, 7) is 0.767. The molecule has 1 spiro atoms. The summed E-state index contributed by atoms with van der Waals surface area (Å²) in [6, 6.07) is 20.8. The number of rotatable bonds is 2. The minimum absolute atomic E-state index is 0.538. The van der Waals surface area contributed by atoms with Gasteiger partial charge in [0.15, 0.2) is 0 Å². The third-order valence-electron chi connectivity index (χ3n) is 4.16. The summed E-state index contributed by atoms with van der Waals surface area (Å²) in [6.07, 6.45) is 6.08. The monoisotopic (exact) mass is 290 g/mol. The lowest BCUT2D eigenvalue weighted by Crippen LogP contribution is -2.24. The molecule has 4 rings (SSSR count). The summed E-state index contributed by atoms with van der Waals surface area (Å²) >= 11 is 0. The van der Waals surface area contributed by atoms with Crippen molar-refractivity contribution in [1.82, 2.24) is 0 Å². The van der Waals surface area contributed by atoms with E-state index < -0.39 is 5.79 Å². The van der Waals surface area contributed by atoms with Crippen molar-refractivity contribution in [1.29, 1.82) is 0 Å². The number of ether oxygens (including phenoxy) is 2. The molecule has 2 aromatic rings. The Labute approximate surface area is 130 Å². The van der Waals surface area contributed by atoms with E-state index >= 15 is 0 Å². The molecule has 0 aliphatic carbocycles. The van der Waals surface area contributed by atoms with Crippen LogP contribution in [0, 0.1) is 0 Å². The van der Waals surface area contributed by atoms with Crippen molar-refractivity contribution in [2.75, 3.05) is 6.61 Å². The van der Waals surface area contributed by atoms with E-state index in [-0.39, 0.29) is 0 Å². The predicted molar refractivity (Wildman–Crippen MR) is 87.0 cm³/mol. The molecule has 0 bridgehead atoms. The van der Waals surface area contributed by atoms with Crippen molar-refractivity contribution in [2.45, 2.75) is 18.6 Å². The van der Waals surface area contributed by atoms with Crippen molar-refractivity contribution in [3.63, 3.8) is 0 Å². The molecule has 1 atom stereocenters. The van der Waals surface area contributed by atoms with Gasteiger partial charge in [0.1, 0.15) is 5.76 Å². The van der Waals surface area contributed by atoms with Crippen LogP contribution in [0.25, 0.3) is 5.57 Å². The van der Waals surface area contributed by atoms with E-state index in [4.69, 9.17) is 9.47 Å². The highest BCUT2D eigenvalue weighted by Crippen LogP contribution is 2.40. The first-order valence-corrected chi connectivity index (χ1v) is 7.74. The quantitative estimate of drug-likeness (QED) is 0.808. The first-order valence-electron chi connectivity index (χ1n) is 7.74. The Hall–Kier alpha value is -2.32. The third-order valence-corrected chi connectivity index (χ3v) is 4.16. The molecule has 2 aromatic carbocycles. The highest BCUT2D eigenvalue weighted by molar-refractivity contribution is 5.83. The van der Waals surface area contributed by atoms with E-state index in [1.807, 2.05) is 12.1 Å². The number of allylic oxidation sites excluding steroid dienone is 1. The smallest absolute Gasteiger partial charge is 0.230 e. The molecule has 1 fully saturated rings. The Kier molecular flexibility index (Phi) is 3.32. The first-order chi connectivity index (χ1) is 10.9. The highest BCUT2D eigenvalue weighted by atomic mass is 16.7. The van der Waals surface area contributed by atoms with Crippen molar-refractivity contribution in [3.8, 4) is 0 Å². The number of benzene rings is 2. The molecule has 1 saturated heterocycles. The SMILES string of the molecule is C1=CC2(CCCO2)OC1=C(c1ccccc1)c1ccccc1. The Bertz CT molecular complexity index is 666. The van der Waals surface area contributed by atoms with Gasteiger partial charge in [0.25, 0.3) is 0 Å². The van der Waals surface area contributed by atoms with E-state index in [9.17, 15) is 0 Å². The molecule has 2 heteroatoms. The first kappa shape index (κ1) is 13.4. The normalized spacial score (nSPS) is 23.0. The molecule has 22 heavy (non-hydrogen) atoms. The fourth-order valence-electron chi connectivity index (χ4n) is 3.10. The molecule has 2 nitrogen and oxygen atoms in total. The minimum Gasteiger partial charge on any atom is -0.458 e. The zero-order valence-electron chi connectivity index (χ0n) is 12.4. The van der Waals surface area contributed by atoms with Crippen LogP contribution in [0.5, 0.6) is 0 Å². The Morgan fingerprint density at radius 2 is 1.50 bits per heavy atom. The van der Waals surface area contributed by atoms with Gasteiger partial charge < -0.3 is 9.47 Å². The van der Waals surface area contributed by atoms with Crippen LogP contribution in [0.4, 0.5) is 0 Å². The van der Waals surface area contributed by atoms with Gasteiger partial charge in [-0.1, -0.05) is 60.7 Å². The Morgan fingerprint density at radius 3 is 2.05 bits per heavy atom. The van der Waals surface area contributed by atoms with Gasteiger partial charge in [-0.05, 0) is 29.7 Å². The summed E-state index contributed by atoms with van der Waals surface area (Å²) in [7, 11) is 0. The largest absolute Gasteiger partial charge is 0.458 e. The maximum atomic E-state index is 6.23. The Morgan fingerprint density at radius 1 is 0.864 bits per heavy atom. The average molecular weight is 290 g/mol. The van der Waals surface area contributed by atoms with Gasteiger partial charge in [-0.2, -0.15) is 0 Å². The molecule has 2 heterocycles. The summed E-state index contributed by atoms with van der Waals surface area (Å²) in [5.41, 5.74) is 3.43. The van der Waals surface area contributed by atoms with Crippen LogP contribution in [0.15, 0.2) is 78.6 Å². The van der Waals surface area contributed by atoms with Gasteiger partial charge in [-0.15, -0.1) is 0 Å². The maximum Gasteiger partial charge on any atom is 0.230 e. The molecule has 1 unspecified atom stereocenters. The summed E-state index contributed by atoms with van der Waals surface area (Å²) in [5.74, 6) is 0.351. The second-order valence-electron chi connectivity index (χ2n) is 5.67. The molecular weight excluding hydrogens is 272 g/mol. The second kappa shape index (κ2) is 5.47. The molecule has 0 amide bonds. The molecule has 0 radical (unpaired) electrons. The van der Waals surface area contributed by atoms with Crippen LogP contribution in [0.1, 0.15) is 24.0 Å². The van der Waals surface area contributed by atoms with Gasteiger partial charge in [0.2, 0.25) is 5.79 Å². The minimum atomic E-state index is -0.538. The number of hydrogen-bond acceptors (Lipinski definition) is 2. The zero-order valence-corrected chi connectivity index (χ0v) is 12.4. The van der Waals surface area contributed by atoms with Crippen molar-refractivity contribution < 1.29 is 9.47 Å². The summed E-state index contributed by atoms with van der Waals surface area (Å²) in [5, 5.41) is 0. The van der Waals surface area contributed by atoms with E-state index in [2.05, 4.69) is 60.7 Å². The van der Waals surface area contributed by atoms with Crippen molar-refractivity contribution in [2.24, 2.45) is 0 Å². The summed E-state index contributed by atoms with van der Waals surface area (Å²) in [4.78, 5) is 0. The molecule has 2 aliphatic heterocycles.